The summed E-state index contributed by atoms with van der Waals surface area (Å²) in [6, 6.07) is 8.92. The summed E-state index contributed by atoms with van der Waals surface area (Å²) in [7, 11) is 0. The van der Waals surface area contributed by atoms with E-state index in [1.807, 2.05) is 0 Å². The summed E-state index contributed by atoms with van der Waals surface area (Å²) in [6.07, 6.45) is 4.87. The van der Waals surface area contributed by atoms with Crippen LogP contribution in [0.15, 0.2) is 58.2 Å². The van der Waals surface area contributed by atoms with Gasteiger partial charge in [0.05, 0.1) is 17.7 Å². The van der Waals surface area contributed by atoms with Crippen LogP contribution in [0.4, 0.5) is 0 Å². The Morgan fingerprint density at radius 1 is 1.17 bits per heavy atom. The van der Waals surface area contributed by atoms with E-state index in [-0.39, 0.29) is 0 Å². The minimum absolute atomic E-state index is 0.407. The average molecular weight is 239 g/mol. The second kappa shape index (κ2) is 4.29. The molecule has 0 saturated heterocycles. The third-order valence-corrected chi connectivity index (χ3v) is 2.51. The Labute approximate surface area is 102 Å². The highest BCUT2D eigenvalue weighted by Gasteiger charge is 2.06. The van der Waals surface area contributed by atoms with Gasteiger partial charge in [-0.25, -0.2) is 4.79 Å². The van der Waals surface area contributed by atoms with Gasteiger partial charge in [-0.15, -0.1) is 0 Å². The molecule has 0 fully saturated rings. The van der Waals surface area contributed by atoms with Crippen molar-refractivity contribution in [1.82, 2.24) is 15.0 Å². The minimum atomic E-state index is -0.407. The van der Waals surface area contributed by atoms with Gasteiger partial charge in [-0.1, -0.05) is 0 Å². The second-order valence-electron chi connectivity index (χ2n) is 3.70. The van der Waals surface area contributed by atoms with E-state index in [4.69, 9.17) is 4.42 Å². The first kappa shape index (κ1) is 10.5. The number of hydrogen-bond acceptors (Lipinski definition) is 4. The first-order valence-corrected chi connectivity index (χ1v) is 5.38. The zero-order valence-corrected chi connectivity index (χ0v) is 9.33. The molecule has 3 heterocycles. The van der Waals surface area contributed by atoms with Crippen LogP contribution in [-0.2, 0) is 0 Å². The Balaban J connectivity index is 2.15. The van der Waals surface area contributed by atoms with E-state index < -0.39 is 5.69 Å². The number of pyridine rings is 1. The van der Waals surface area contributed by atoms with E-state index in [0.29, 0.717) is 17.1 Å². The number of aromatic amines is 1. The van der Waals surface area contributed by atoms with Crippen molar-refractivity contribution in [2.45, 2.75) is 0 Å². The number of aromatic nitrogens is 3. The van der Waals surface area contributed by atoms with Crippen molar-refractivity contribution in [1.29, 1.82) is 0 Å². The molecule has 1 N–H and O–H groups in total. The van der Waals surface area contributed by atoms with Gasteiger partial charge in [0.15, 0.2) is 0 Å². The number of rotatable bonds is 2. The van der Waals surface area contributed by atoms with Crippen LogP contribution in [0.25, 0.3) is 22.7 Å². The molecule has 0 aliphatic rings. The molecule has 18 heavy (non-hydrogen) atoms. The lowest BCUT2D eigenvalue weighted by Gasteiger charge is -2.02. The lowest BCUT2D eigenvalue weighted by Crippen LogP contribution is -2.11. The van der Waals surface area contributed by atoms with E-state index in [1.165, 1.54) is 0 Å². The van der Waals surface area contributed by atoms with Crippen LogP contribution in [-0.4, -0.2) is 15.0 Å². The summed E-state index contributed by atoms with van der Waals surface area (Å²) in [6.45, 7) is 0. The van der Waals surface area contributed by atoms with Crippen molar-refractivity contribution >= 4 is 0 Å². The van der Waals surface area contributed by atoms with Gasteiger partial charge in [-0.05, 0) is 30.3 Å². The van der Waals surface area contributed by atoms with Crippen molar-refractivity contribution in [2.75, 3.05) is 0 Å². The summed E-state index contributed by atoms with van der Waals surface area (Å²) in [5.74, 6) is 0.602. The van der Waals surface area contributed by atoms with Crippen LogP contribution in [0, 0.1) is 0 Å². The van der Waals surface area contributed by atoms with E-state index >= 15 is 0 Å². The summed E-state index contributed by atoms with van der Waals surface area (Å²) in [4.78, 5) is 22.1. The van der Waals surface area contributed by atoms with E-state index in [1.54, 1.807) is 49.0 Å². The standard InChI is InChI=1S/C13H9N3O2/c17-13-15-10(9-3-5-14-6-4-9)8-11(16-13)12-2-1-7-18-12/h1-8H,(H,15,16,17). The SMILES string of the molecule is O=c1nc(-c2ccncc2)cc(-c2ccco2)[nH]1. The maximum atomic E-state index is 11.6. The molecule has 0 atom stereocenters. The van der Waals surface area contributed by atoms with Gasteiger partial charge in [0.25, 0.3) is 0 Å². The topological polar surface area (TPSA) is 71.8 Å². The highest BCUT2D eigenvalue weighted by Crippen LogP contribution is 2.21. The molecule has 3 rings (SSSR count). The molecule has 3 aromatic rings. The molecule has 0 aromatic carbocycles. The van der Waals surface area contributed by atoms with E-state index in [9.17, 15) is 4.79 Å². The molecule has 0 spiro atoms. The van der Waals surface area contributed by atoms with Gasteiger partial charge in [-0.2, -0.15) is 4.98 Å². The van der Waals surface area contributed by atoms with Gasteiger partial charge in [0, 0.05) is 18.0 Å². The molecule has 5 nitrogen and oxygen atoms in total. The Hall–Kier alpha value is -2.69. The van der Waals surface area contributed by atoms with E-state index in [2.05, 4.69) is 15.0 Å². The molecule has 0 bridgehead atoms. The first-order chi connectivity index (χ1) is 8.83. The fourth-order valence-electron chi connectivity index (χ4n) is 1.69. The Morgan fingerprint density at radius 3 is 2.72 bits per heavy atom. The smallest absolute Gasteiger partial charge is 0.346 e. The van der Waals surface area contributed by atoms with Crippen LogP contribution in [0.3, 0.4) is 0 Å². The Morgan fingerprint density at radius 2 is 2.00 bits per heavy atom. The predicted octanol–water partition coefficient (Wildman–Crippen LogP) is 2.09. The number of H-pyrrole nitrogens is 1. The molecule has 0 unspecified atom stereocenters. The average Bonchev–Trinajstić information content (AvgIpc) is 2.93. The summed E-state index contributed by atoms with van der Waals surface area (Å²) in [5, 5.41) is 0. The van der Waals surface area contributed by atoms with E-state index in [0.717, 1.165) is 5.56 Å². The monoisotopic (exact) mass is 239 g/mol. The first-order valence-electron chi connectivity index (χ1n) is 5.38. The Bertz CT molecular complexity index is 703. The fraction of sp³-hybridized carbons (Fsp3) is 0. The van der Waals surface area contributed by atoms with Crippen molar-refractivity contribution in [3.8, 4) is 22.7 Å². The summed E-state index contributed by atoms with van der Waals surface area (Å²) in [5.41, 5.74) is 1.62. The number of hydrogen-bond donors (Lipinski definition) is 1. The molecule has 3 aromatic heterocycles. The van der Waals surface area contributed by atoms with Crippen molar-refractivity contribution < 1.29 is 4.42 Å². The summed E-state index contributed by atoms with van der Waals surface area (Å²) >= 11 is 0. The van der Waals surface area contributed by atoms with Crippen LogP contribution in [0.5, 0.6) is 0 Å². The normalized spacial score (nSPS) is 10.4. The lowest BCUT2D eigenvalue weighted by molar-refractivity contribution is 0.579. The molecule has 0 radical (unpaired) electrons. The van der Waals surface area contributed by atoms with Crippen LogP contribution in [0.1, 0.15) is 0 Å². The highest BCUT2D eigenvalue weighted by molar-refractivity contribution is 5.64. The molecule has 5 heteroatoms. The molecule has 88 valence electrons. The van der Waals surface area contributed by atoms with Crippen LogP contribution in [0.2, 0.25) is 0 Å². The number of nitrogens with zero attached hydrogens (tertiary/aromatic N) is 2. The van der Waals surface area contributed by atoms with Gasteiger partial charge in [-0.3, -0.25) is 4.98 Å². The van der Waals surface area contributed by atoms with Crippen molar-refractivity contribution in [3.05, 3.63) is 59.5 Å². The quantitative estimate of drug-likeness (QED) is 0.743. The molecule has 0 aliphatic carbocycles. The second-order valence-corrected chi connectivity index (χ2v) is 3.70. The molecule has 0 saturated carbocycles. The Kier molecular flexibility index (Phi) is 2.49. The van der Waals surface area contributed by atoms with Gasteiger partial charge < -0.3 is 9.40 Å². The molecule has 0 amide bonds. The molecular formula is C13H9N3O2. The van der Waals surface area contributed by atoms with Crippen LogP contribution >= 0.6 is 0 Å². The van der Waals surface area contributed by atoms with Crippen molar-refractivity contribution in [2.24, 2.45) is 0 Å². The zero-order valence-electron chi connectivity index (χ0n) is 9.33. The van der Waals surface area contributed by atoms with Gasteiger partial charge in [0.1, 0.15) is 5.76 Å². The fourth-order valence-corrected chi connectivity index (χ4v) is 1.69. The van der Waals surface area contributed by atoms with Gasteiger partial charge in [0.2, 0.25) is 0 Å². The predicted molar refractivity (Wildman–Crippen MR) is 65.8 cm³/mol. The molecule has 0 aliphatic heterocycles. The summed E-state index contributed by atoms with van der Waals surface area (Å²) < 4.78 is 5.26. The van der Waals surface area contributed by atoms with Crippen molar-refractivity contribution in [3.63, 3.8) is 0 Å². The molecular weight excluding hydrogens is 230 g/mol. The largest absolute Gasteiger partial charge is 0.463 e. The highest BCUT2D eigenvalue weighted by atomic mass is 16.3. The maximum absolute atomic E-state index is 11.6. The van der Waals surface area contributed by atoms with Crippen LogP contribution < -0.4 is 5.69 Å². The van der Waals surface area contributed by atoms with Gasteiger partial charge >= 0.3 is 5.69 Å². The maximum Gasteiger partial charge on any atom is 0.346 e. The number of furan rings is 1. The zero-order chi connectivity index (χ0) is 12.4. The third kappa shape index (κ3) is 1.93. The minimum Gasteiger partial charge on any atom is -0.463 e. The lowest BCUT2D eigenvalue weighted by atomic mass is 10.1. The third-order valence-electron chi connectivity index (χ3n) is 2.51. The number of nitrogens with one attached hydrogen (secondary N) is 1.